The van der Waals surface area contributed by atoms with E-state index < -0.39 is 0 Å². The molecule has 0 aliphatic rings. The van der Waals surface area contributed by atoms with Crippen LogP contribution in [0.4, 0.5) is 0 Å². The van der Waals surface area contributed by atoms with Crippen LogP contribution in [0.25, 0.3) is 10.2 Å². The van der Waals surface area contributed by atoms with Crippen molar-refractivity contribution < 1.29 is 0 Å². The Labute approximate surface area is 132 Å². The lowest BCUT2D eigenvalue weighted by Crippen LogP contribution is -2.24. The molecule has 2 heterocycles. The van der Waals surface area contributed by atoms with E-state index >= 15 is 0 Å². The van der Waals surface area contributed by atoms with Gasteiger partial charge in [0.15, 0.2) is 5.16 Å². The molecule has 112 valence electrons. The molecule has 0 aliphatic carbocycles. The van der Waals surface area contributed by atoms with E-state index in [2.05, 4.69) is 18.0 Å². The smallest absolute Gasteiger partial charge is 0.263 e. The molecule has 0 amide bonds. The standard InChI is InChI=1S/C15H19N3OS2/c1-5-6-7-18-14(19)12-10(3)11(4)21-13(12)17-15(18)20-9(2)8-16/h9H,5-7H2,1-4H3. The first kappa shape index (κ1) is 16.1. The van der Waals surface area contributed by atoms with Crippen LogP contribution in [0, 0.1) is 25.2 Å². The van der Waals surface area contributed by atoms with Crippen LogP contribution >= 0.6 is 23.1 Å². The minimum atomic E-state index is -0.218. The zero-order valence-corrected chi connectivity index (χ0v) is 14.4. The third-order valence-corrected chi connectivity index (χ3v) is 5.54. The van der Waals surface area contributed by atoms with Crippen molar-refractivity contribution in [1.82, 2.24) is 9.55 Å². The Kier molecular flexibility index (Phi) is 5.07. The Balaban J connectivity index is 2.65. The zero-order chi connectivity index (χ0) is 15.6. The van der Waals surface area contributed by atoms with Gasteiger partial charge in [0.05, 0.1) is 16.7 Å². The van der Waals surface area contributed by atoms with Crippen LogP contribution in [0.5, 0.6) is 0 Å². The lowest BCUT2D eigenvalue weighted by molar-refractivity contribution is 0.558. The highest BCUT2D eigenvalue weighted by molar-refractivity contribution is 8.00. The highest BCUT2D eigenvalue weighted by atomic mass is 32.2. The Morgan fingerprint density at radius 3 is 2.81 bits per heavy atom. The van der Waals surface area contributed by atoms with E-state index in [1.165, 1.54) is 11.8 Å². The van der Waals surface area contributed by atoms with Crippen LogP contribution in [0.15, 0.2) is 9.95 Å². The number of hydrogen-bond acceptors (Lipinski definition) is 5. The second-order valence-corrected chi connectivity index (χ2v) is 7.57. The van der Waals surface area contributed by atoms with E-state index in [0.717, 1.165) is 33.5 Å². The first-order valence-corrected chi connectivity index (χ1v) is 8.76. The van der Waals surface area contributed by atoms with Crippen LogP contribution < -0.4 is 5.56 Å². The van der Waals surface area contributed by atoms with Crippen molar-refractivity contribution in [3.8, 4) is 6.07 Å². The Morgan fingerprint density at radius 2 is 2.19 bits per heavy atom. The number of aromatic nitrogens is 2. The van der Waals surface area contributed by atoms with Gasteiger partial charge < -0.3 is 0 Å². The van der Waals surface area contributed by atoms with E-state index in [4.69, 9.17) is 5.26 Å². The summed E-state index contributed by atoms with van der Waals surface area (Å²) < 4.78 is 1.74. The molecule has 0 radical (unpaired) electrons. The molecule has 2 aromatic rings. The summed E-state index contributed by atoms with van der Waals surface area (Å²) in [5.74, 6) is 0. The van der Waals surface area contributed by atoms with Gasteiger partial charge >= 0.3 is 0 Å². The molecule has 0 saturated carbocycles. The molecule has 0 spiro atoms. The van der Waals surface area contributed by atoms with Gasteiger partial charge in [0.2, 0.25) is 0 Å². The molecular formula is C15H19N3OS2. The summed E-state index contributed by atoms with van der Waals surface area (Å²) in [5.41, 5.74) is 1.06. The maximum absolute atomic E-state index is 12.8. The quantitative estimate of drug-likeness (QED) is 0.619. The zero-order valence-electron chi connectivity index (χ0n) is 12.8. The van der Waals surface area contributed by atoms with Gasteiger partial charge in [0.1, 0.15) is 4.83 Å². The first-order valence-electron chi connectivity index (χ1n) is 7.06. The van der Waals surface area contributed by atoms with E-state index in [-0.39, 0.29) is 10.8 Å². The van der Waals surface area contributed by atoms with Gasteiger partial charge in [0, 0.05) is 11.4 Å². The normalized spacial score (nSPS) is 12.5. The molecule has 1 unspecified atom stereocenters. The van der Waals surface area contributed by atoms with Crippen molar-refractivity contribution in [2.75, 3.05) is 0 Å². The van der Waals surface area contributed by atoms with Gasteiger partial charge in [-0.05, 0) is 32.8 Å². The Morgan fingerprint density at radius 1 is 1.48 bits per heavy atom. The van der Waals surface area contributed by atoms with Crippen molar-refractivity contribution in [3.63, 3.8) is 0 Å². The number of nitriles is 1. The lowest BCUT2D eigenvalue weighted by atomic mass is 10.2. The molecule has 0 saturated heterocycles. The first-order chi connectivity index (χ1) is 9.99. The van der Waals surface area contributed by atoms with Crippen molar-refractivity contribution in [3.05, 3.63) is 20.8 Å². The van der Waals surface area contributed by atoms with Gasteiger partial charge in [-0.2, -0.15) is 5.26 Å². The summed E-state index contributed by atoms with van der Waals surface area (Å²) in [6.45, 7) is 8.58. The molecule has 1 atom stereocenters. The molecule has 0 N–H and O–H groups in total. The van der Waals surface area contributed by atoms with Crippen molar-refractivity contribution >= 4 is 33.3 Å². The van der Waals surface area contributed by atoms with Crippen molar-refractivity contribution in [1.29, 1.82) is 5.26 Å². The minimum absolute atomic E-state index is 0.0305. The number of fused-ring (bicyclic) bond motifs is 1. The van der Waals surface area contributed by atoms with E-state index in [9.17, 15) is 4.79 Å². The summed E-state index contributed by atoms with van der Waals surface area (Å²) in [7, 11) is 0. The van der Waals surface area contributed by atoms with Gasteiger partial charge in [-0.15, -0.1) is 11.3 Å². The van der Waals surface area contributed by atoms with Crippen LogP contribution in [0.1, 0.15) is 37.1 Å². The van der Waals surface area contributed by atoms with Crippen LogP contribution in [0.3, 0.4) is 0 Å². The number of rotatable bonds is 5. The number of unbranched alkanes of at least 4 members (excludes halogenated alkanes) is 1. The average molecular weight is 321 g/mol. The molecular weight excluding hydrogens is 302 g/mol. The molecule has 0 fully saturated rings. The lowest BCUT2D eigenvalue weighted by Gasteiger charge is -2.12. The third-order valence-electron chi connectivity index (χ3n) is 3.45. The topological polar surface area (TPSA) is 58.7 Å². The summed E-state index contributed by atoms with van der Waals surface area (Å²) in [4.78, 5) is 19.4. The molecule has 4 nitrogen and oxygen atoms in total. The number of thiophene rings is 1. The third kappa shape index (κ3) is 3.14. The maximum Gasteiger partial charge on any atom is 0.263 e. The van der Waals surface area contributed by atoms with Gasteiger partial charge in [-0.3, -0.25) is 9.36 Å². The van der Waals surface area contributed by atoms with E-state index in [1.807, 2.05) is 20.8 Å². The number of nitrogens with zero attached hydrogens (tertiary/aromatic N) is 3. The fraction of sp³-hybridized carbons (Fsp3) is 0.533. The summed E-state index contributed by atoms with van der Waals surface area (Å²) >= 11 is 2.92. The second kappa shape index (κ2) is 6.63. The summed E-state index contributed by atoms with van der Waals surface area (Å²) in [6.07, 6.45) is 1.95. The van der Waals surface area contributed by atoms with Crippen molar-refractivity contribution in [2.24, 2.45) is 0 Å². The number of hydrogen-bond donors (Lipinski definition) is 0. The largest absolute Gasteiger partial charge is 0.287 e. The average Bonchev–Trinajstić information content (AvgIpc) is 2.73. The van der Waals surface area contributed by atoms with Gasteiger partial charge in [0.25, 0.3) is 5.56 Å². The fourth-order valence-electron chi connectivity index (χ4n) is 2.10. The molecule has 2 rings (SSSR count). The SMILES string of the molecule is CCCCn1c(SC(C)C#N)nc2sc(C)c(C)c2c1=O. The second-order valence-electron chi connectivity index (χ2n) is 5.06. The minimum Gasteiger partial charge on any atom is -0.287 e. The summed E-state index contributed by atoms with van der Waals surface area (Å²) in [6, 6.07) is 2.19. The van der Waals surface area contributed by atoms with Crippen molar-refractivity contribution in [2.45, 2.75) is 57.5 Å². The van der Waals surface area contributed by atoms with Gasteiger partial charge in [-0.25, -0.2) is 4.98 Å². The van der Waals surface area contributed by atoms with Crippen LogP contribution in [-0.4, -0.2) is 14.8 Å². The van der Waals surface area contributed by atoms with Gasteiger partial charge in [-0.1, -0.05) is 25.1 Å². The Bertz CT molecular complexity index is 755. The fourth-order valence-corrected chi connectivity index (χ4v) is 3.99. The molecule has 21 heavy (non-hydrogen) atoms. The predicted octanol–water partition coefficient (Wildman–Crippen LogP) is 3.88. The highest BCUT2D eigenvalue weighted by Crippen LogP contribution is 2.29. The molecule has 6 heteroatoms. The number of aryl methyl sites for hydroxylation is 2. The van der Waals surface area contributed by atoms with E-state index in [0.29, 0.717) is 11.7 Å². The highest BCUT2D eigenvalue weighted by Gasteiger charge is 2.18. The predicted molar refractivity (Wildman–Crippen MR) is 89.2 cm³/mol. The van der Waals surface area contributed by atoms with Crippen LogP contribution in [0.2, 0.25) is 0 Å². The van der Waals surface area contributed by atoms with E-state index in [1.54, 1.807) is 15.9 Å². The number of thioether (sulfide) groups is 1. The molecule has 0 aliphatic heterocycles. The maximum atomic E-state index is 12.8. The molecule has 0 bridgehead atoms. The molecule has 2 aromatic heterocycles. The Hall–Kier alpha value is -1.32. The summed E-state index contributed by atoms with van der Waals surface area (Å²) in [5, 5.41) is 10.2. The molecule has 0 aromatic carbocycles. The van der Waals surface area contributed by atoms with Crippen LogP contribution in [-0.2, 0) is 6.54 Å². The monoisotopic (exact) mass is 321 g/mol.